The predicted octanol–water partition coefficient (Wildman–Crippen LogP) is 15.8. The summed E-state index contributed by atoms with van der Waals surface area (Å²) in [5.74, 6) is 0. The highest BCUT2D eigenvalue weighted by atomic mass is 14.2. The maximum absolute atomic E-state index is 2.36. The number of hydrogen-bond acceptors (Lipinski definition) is 0. The first-order chi connectivity index (χ1) is 27.7. The van der Waals surface area contributed by atoms with Crippen LogP contribution in [-0.2, 0) is 0 Å². The van der Waals surface area contributed by atoms with E-state index in [0.29, 0.717) is 0 Å². The highest BCUT2D eigenvalue weighted by Crippen LogP contribution is 2.44. The van der Waals surface area contributed by atoms with E-state index in [1.165, 1.54) is 120 Å². The van der Waals surface area contributed by atoms with Gasteiger partial charge in [-0.2, -0.15) is 0 Å². The minimum atomic E-state index is 1.21. The van der Waals surface area contributed by atoms with Crippen molar-refractivity contribution in [2.75, 3.05) is 0 Å². The lowest BCUT2D eigenvalue weighted by atomic mass is 9.87. The van der Waals surface area contributed by atoms with Crippen molar-refractivity contribution >= 4 is 64.6 Å². The van der Waals surface area contributed by atoms with Crippen molar-refractivity contribution in [2.45, 2.75) is 0 Å². The number of rotatable bonds is 5. The smallest absolute Gasteiger partial charge is 0.00203 e. The Hall–Kier alpha value is -7.28. The van der Waals surface area contributed by atoms with E-state index in [4.69, 9.17) is 0 Å². The van der Waals surface area contributed by atoms with Crippen molar-refractivity contribution in [3.63, 3.8) is 0 Å². The molecule has 0 spiro atoms. The third-order valence-electron chi connectivity index (χ3n) is 12.2. The average Bonchev–Trinajstić information content (AvgIpc) is 3.27. The zero-order valence-corrected chi connectivity index (χ0v) is 30.6. The molecule has 0 atom stereocenters. The Balaban J connectivity index is 0.941. The predicted molar refractivity (Wildman–Crippen MR) is 241 cm³/mol. The number of hydrogen-bond donors (Lipinski definition) is 0. The van der Waals surface area contributed by atoms with E-state index in [2.05, 4.69) is 206 Å². The van der Waals surface area contributed by atoms with Crippen LogP contribution in [0.15, 0.2) is 206 Å². The van der Waals surface area contributed by atoms with E-state index in [0.717, 1.165) is 0 Å². The molecule has 258 valence electrons. The van der Waals surface area contributed by atoms with Gasteiger partial charge in [0.2, 0.25) is 0 Å². The van der Waals surface area contributed by atoms with Gasteiger partial charge in [0.15, 0.2) is 0 Å². The van der Waals surface area contributed by atoms with Gasteiger partial charge in [0, 0.05) is 0 Å². The lowest BCUT2D eigenvalue weighted by Gasteiger charge is -2.17. The fourth-order valence-electron chi connectivity index (χ4n) is 9.52. The molecular weight excluding hydrogens is 673 g/mol. The molecule has 0 nitrogen and oxygen atoms in total. The SMILES string of the molecule is c1ccc(-c2ccc3ccc4c(-c5cccc(-c6cccc(-c7cccc(-c8ccc9ccc%10cccc%11ccc8c9c%10%11)c7)c6)c5)ccc5ccc2c3c54)cc1. The summed E-state index contributed by atoms with van der Waals surface area (Å²) in [5, 5.41) is 15.7. The molecule has 0 fully saturated rings. The summed E-state index contributed by atoms with van der Waals surface area (Å²) in [6, 6.07) is 76.6. The van der Waals surface area contributed by atoms with Crippen LogP contribution in [0.25, 0.3) is 120 Å². The molecule has 0 unspecified atom stereocenters. The molecule has 0 saturated heterocycles. The molecule has 0 bridgehead atoms. The Morgan fingerprint density at radius 3 is 0.946 bits per heavy atom. The standard InChI is InChI=1S/C56H34/c1-2-8-35(9-3-1)47-26-20-39-25-31-52-49(28-22-40-24-30-50(47)55(39)56(40)52)46-17-7-15-44(34-46)42-13-5-12-41(32-42)43-14-6-16-45(33-43)48-27-21-38-19-18-36-10-4-11-37-23-29-51(48)54(38)53(36)37/h1-34H. The molecule has 0 radical (unpaired) electrons. The van der Waals surface area contributed by atoms with Gasteiger partial charge in [-0.15, -0.1) is 0 Å². The van der Waals surface area contributed by atoms with Gasteiger partial charge in [0.25, 0.3) is 0 Å². The summed E-state index contributed by atoms with van der Waals surface area (Å²) in [6.45, 7) is 0. The van der Waals surface area contributed by atoms with Crippen LogP contribution < -0.4 is 0 Å². The summed E-state index contributed by atoms with van der Waals surface area (Å²) >= 11 is 0. The second-order valence-corrected chi connectivity index (χ2v) is 15.2. The molecule has 0 aliphatic rings. The number of benzene rings is 12. The van der Waals surface area contributed by atoms with Crippen molar-refractivity contribution in [1.29, 1.82) is 0 Å². The Bertz CT molecular complexity index is 3440. The van der Waals surface area contributed by atoms with Gasteiger partial charge >= 0.3 is 0 Å². The lowest BCUT2D eigenvalue weighted by molar-refractivity contribution is 1.58. The van der Waals surface area contributed by atoms with Crippen LogP contribution in [-0.4, -0.2) is 0 Å². The molecule has 0 heteroatoms. The first kappa shape index (κ1) is 31.1. The molecule has 12 aromatic carbocycles. The molecule has 0 saturated carbocycles. The van der Waals surface area contributed by atoms with Gasteiger partial charge in [-0.05, 0) is 138 Å². The van der Waals surface area contributed by atoms with Crippen molar-refractivity contribution in [3.05, 3.63) is 206 Å². The molecule has 0 aliphatic carbocycles. The second kappa shape index (κ2) is 12.1. The van der Waals surface area contributed by atoms with E-state index >= 15 is 0 Å². The lowest BCUT2D eigenvalue weighted by Crippen LogP contribution is -1.90. The monoisotopic (exact) mass is 706 g/mol. The zero-order chi connectivity index (χ0) is 36.7. The maximum atomic E-state index is 2.36. The van der Waals surface area contributed by atoms with E-state index in [-0.39, 0.29) is 0 Å². The minimum Gasteiger partial charge on any atom is -0.0622 e. The van der Waals surface area contributed by atoms with Crippen molar-refractivity contribution in [1.82, 2.24) is 0 Å². The van der Waals surface area contributed by atoms with Gasteiger partial charge < -0.3 is 0 Å². The molecule has 0 aliphatic heterocycles. The summed E-state index contributed by atoms with van der Waals surface area (Å²) in [4.78, 5) is 0. The third kappa shape index (κ3) is 4.73. The fraction of sp³-hybridized carbons (Fsp3) is 0. The first-order valence-electron chi connectivity index (χ1n) is 19.5. The van der Waals surface area contributed by atoms with Gasteiger partial charge in [0.05, 0.1) is 0 Å². The summed E-state index contributed by atoms with van der Waals surface area (Å²) in [6.07, 6.45) is 0. The van der Waals surface area contributed by atoms with Crippen LogP contribution in [0.2, 0.25) is 0 Å². The summed E-state index contributed by atoms with van der Waals surface area (Å²) in [5.41, 5.74) is 12.4. The van der Waals surface area contributed by atoms with Crippen molar-refractivity contribution < 1.29 is 0 Å². The molecule has 0 amide bonds. The molecule has 0 N–H and O–H groups in total. The molecule has 12 rings (SSSR count). The molecule has 12 aromatic rings. The van der Waals surface area contributed by atoms with E-state index in [9.17, 15) is 0 Å². The van der Waals surface area contributed by atoms with E-state index in [1.54, 1.807) is 0 Å². The van der Waals surface area contributed by atoms with Crippen molar-refractivity contribution in [2.24, 2.45) is 0 Å². The van der Waals surface area contributed by atoms with Crippen LogP contribution in [0.5, 0.6) is 0 Å². The largest absolute Gasteiger partial charge is 0.0622 e. The molecular formula is C56H34. The summed E-state index contributed by atoms with van der Waals surface area (Å²) < 4.78 is 0. The fourth-order valence-corrected chi connectivity index (χ4v) is 9.52. The molecule has 0 heterocycles. The second-order valence-electron chi connectivity index (χ2n) is 15.2. The third-order valence-corrected chi connectivity index (χ3v) is 12.2. The highest BCUT2D eigenvalue weighted by Gasteiger charge is 2.16. The van der Waals surface area contributed by atoms with Crippen LogP contribution in [0.1, 0.15) is 0 Å². The average molecular weight is 707 g/mol. The van der Waals surface area contributed by atoms with Crippen LogP contribution >= 0.6 is 0 Å². The molecule has 0 aromatic heterocycles. The quantitative estimate of drug-likeness (QED) is 0.156. The van der Waals surface area contributed by atoms with Gasteiger partial charge in [-0.25, -0.2) is 0 Å². The van der Waals surface area contributed by atoms with Gasteiger partial charge in [0.1, 0.15) is 0 Å². The molecule has 56 heavy (non-hydrogen) atoms. The Kier molecular flexibility index (Phi) is 6.73. The van der Waals surface area contributed by atoms with Gasteiger partial charge in [-0.1, -0.05) is 188 Å². The Morgan fingerprint density at radius 1 is 0.179 bits per heavy atom. The van der Waals surface area contributed by atoms with Crippen LogP contribution in [0.4, 0.5) is 0 Å². The van der Waals surface area contributed by atoms with Gasteiger partial charge in [-0.3, -0.25) is 0 Å². The van der Waals surface area contributed by atoms with Crippen LogP contribution in [0.3, 0.4) is 0 Å². The Morgan fingerprint density at radius 2 is 0.482 bits per heavy atom. The normalized spacial score (nSPS) is 11.9. The minimum absolute atomic E-state index is 1.21. The zero-order valence-electron chi connectivity index (χ0n) is 30.6. The van der Waals surface area contributed by atoms with E-state index < -0.39 is 0 Å². The van der Waals surface area contributed by atoms with E-state index in [1.807, 2.05) is 0 Å². The maximum Gasteiger partial charge on any atom is -0.00203 e. The van der Waals surface area contributed by atoms with Crippen molar-refractivity contribution in [3.8, 4) is 55.6 Å². The highest BCUT2D eigenvalue weighted by molar-refractivity contribution is 6.28. The topological polar surface area (TPSA) is 0 Å². The Labute approximate surface area is 325 Å². The van der Waals surface area contributed by atoms with Crippen LogP contribution in [0, 0.1) is 0 Å². The summed E-state index contributed by atoms with van der Waals surface area (Å²) in [7, 11) is 0. The first-order valence-corrected chi connectivity index (χ1v) is 19.5.